The molecule has 0 bridgehead atoms. The molecule has 2 aromatic carbocycles. The van der Waals surface area contributed by atoms with Gasteiger partial charge in [0.05, 0.1) is 12.0 Å². The predicted molar refractivity (Wildman–Crippen MR) is 140 cm³/mol. The van der Waals surface area contributed by atoms with E-state index in [1.165, 1.54) is 5.56 Å². The van der Waals surface area contributed by atoms with Crippen LogP contribution in [0.2, 0.25) is 0 Å². The quantitative estimate of drug-likeness (QED) is 0.647. The number of rotatable bonds is 3. The second-order valence-corrected chi connectivity index (χ2v) is 10.1. The zero-order chi connectivity index (χ0) is 24.8. The van der Waals surface area contributed by atoms with Crippen LogP contribution in [0, 0.1) is 5.41 Å². The summed E-state index contributed by atoms with van der Waals surface area (Å²) in [6.07, 6.45) is 5.32. The Hall–Kier alpha value is -3.02. The topological polar surface area (TPSA) is 53.1 Å². The maximum Gasteiger partial charge on any atom is 0.253 e. The molecule has 0 atom stereocenters. The van der Waals surface area contributed by atoms with Gasteiger partial charge in [0.2, 0.25) is 5.91 Å². The van der Waals surface area contributed by atoms with Crippen LogP contribution in [0.5, 0.6) is 5.75 Å². The Morgan fingerprint density at radius 2 is 1.69 bits per heavy atom. The van der Waals surface area contributed by atoms with Crippen LogP contribution in [0.4, 0.5) is 5.69 Å². The number of benzene rings is 2. The molecule has 4 rings (SSSR count). The molecule has 0 unspecified atom stereocenters. The van der Waals surface area contributed by atoms with E-state index >= 15 is 0 Å². The summed E-state index contributed by atoms with van der Waals surface area (Å²) in [5.74, 6) is 1.24. The number of aryl methyl sites for hydroxylation is 1. The minimum absolute atomic E-state index is 0.0584. The molecule has 2 aliphatic rings. The Morgan fingerprint density at radius 1 is 0.971 bits per heavy atom. The number of likely N-dealkylation sites (N-methyl/N-ethyl adjacent to an activating group) is 1. The fourth-order valence-electron chi connectivity index (χ4n) is 5.43. The number of nitrogens with zero attached hydrogens (tertiary/aromatic N) is 3. The molecule has 1 saturated heterocycles. The molecule has 0 saturated carbocycles. The first kappa shape index (κ1) is 25.1. The maximum atomic E-state index is 13.8. The average molecular weight is 478 g/mol. The van der Waals surface area contributed by atoms with E-state index in [4.69, 9.17) is 4.74 Å². The second-order valence-electron chi connectivity index (χ2n) is 10.1. The summed E-state index contributed by atoms with van der Waals surface area (Å²) in [4.78, 5) is 32.9. The fraction of sp³-hybridized carbons (Fsp3) is 0.517. The first-order valence-corrected chi connectivity index (χ1v) is 13.0. The summed E-state index contributed by atoms with van der Waals surface area (Å²) in [7, 11) is 3.98. The molecular weight excluding hydrogens is 438 g/mol. The number of ether oxygens (including phenoxy) is 1. The summed E-state index contributed by atoms with van der Waals surface area (Å²) in [6, 6.07) is 16.0. The number of carbonyl (C=O) groups is 2. The lowest BCUT2D eigenvalue weighted by Gasteiger charge is -2.43. The van der Waals surface area contributed by atoms with Gasteiger partial charge in [0.15, 0.2) is 0 Å². The van der Waals surface area contributed by atoms with Crippen LogP contribution in [0.25, 0.3) is 0 Å². The number of para-hydroxylation sites is 1. The zero-order valence-electron chi connectivity index (χ0n) is 21.5. The number of likely N-dealkylation sites (tertiary alicyclic amines) is 1. The minimum atomic E-state index is -0.389. The van der Waals surface area contributed by atoms with Crippen molar-refractivity contribution in [2.45, 2.75) is 45.4 Å². The molecule has 0 N–H and O–H groups in total. The molecule has 0 aromatic heterocycles. The second kappa shape index (κ2) is 11.1. The SMILES string of the molecule is CCN1CCOc2ccccc2CCCCC2(CCN(C(=O)c3ccc(N(C)C)cc3)CC2)C1=O. The molecule has 2 amide bonds. The Kier molecular flexibility index (Phi) is 7.99. The molecule has 1 spiro atoms. The lowest BCUT2D eigenvalue weighted by Crippen LogP contribution is -2.52. The third-order valence-electron chi connectivity index (χ3n) is 7.70. The molecular formula is C29H39N3O3. The fourth-order valence-corrected chi connectivity index (χ4v) is 5.43. The van der Waals surface area contributed by atoms with Crippen LogP contribution in [0.3, 0.4) is 0 Å². The minimum Gasteiger partial charge on any atom is -0.491 e. The first-order valence-electron chi connectivity index (χ1n) is 13.0. The zero-order valence-corrected chi connectivity index (χ0v) is 21.5. The van der Waals surface area contributed by atoms with Crippen molar-refractivity contribution in [2.75, 3.05) is 51.8 Å². The molecule has 6 nitrogen and oxygen atoms in total. The van der Waals surface area contributed by atoms with Gasteiger partial charge in [-0.3, -0.25) is 9.59 Å². The Bertz CT molecular complexity index is 1010. The van der Waals surface area contributed by atoms with E-state index in [1.807, 2.05) is 72.1 Å². The molecule has 6 heteroatoms. The van der Waals surface area contributed by atoms with Gasteiger partial charge in [-0.1, -0.05) is 24.6 Å². The van der Waals surface area contributed by atoms with Crippen LogP contribution >= 0.6 is 0 Å². The van der Waals surface area contributed by atoms with E-state index in [2.05, 4.69) is 12.1 Å². The standard InChI is InChI=1S/C29H39N3O3/c1-4-31-21-22-35-26-11-6-5-9-23(26)10-7-8-16-29(28(31)34)17-19-32(20-18-29)27(33)24-12-14-25(15-13-24)30(2)3/h5-6,9,11-15H,4,7-8,10,16-22H2,1-3H3. The summed E-state index contributed by atoms with van der Waals surface area (Å²) in [5, 5.41) is 0. The summed E-state index contributed by atoms with van der Waals surface area (Å²) in [6.45, 7) is 5.05. The predicted octanol–water partition coefficient (Wildman–Crippen LogP) is 4.63. The van der Waals surface area contributed by atoms with Crippen molar-refractivity contribution >= 4 is 17.5 Å². The smallest absolute Gasteiger partial charge is 0.253 e. The lowest BCUT2D eigenvalue weighted by atomic mass is 9.73. The first-order chi connectivity index (χ1) is 16.9. The van der Waals surface area contributed by atoms with E-state index < -0.39 is 0 Å². The van der Waals surface area contributed by atoms with Crippen LogP contribution in [0.1, 0.15) is 54.9 Å². The van der Waals surface area contributed by atoms with Crippen molar-refractivity contribution in [3.05, 3.63) is 59.7 Å². The number of carbonyl (C=O) groups excluding carboxylic acids is 2. The Balaban J connectivity index is 1.46. The molecule has 188 valence electrons. The van der Waals surface area contributed by atoms with Gasteiger partial charge >= 0.3 is 0 Å². The van der Waals surface area contributed by atoms with Crippen molar-refractivity contribution in [1.29, 1.82) is 0 Å². The molecule has 35 heavy (non-hydrogen) atoms. The van der Waals surface area contributed by atoms with Crippen LogP contribution in [-0.2, 0) is 11.2 Å². The summed E-state index contributed by atoms with van der Waals surface area (Å²) in [5.41, 5.74) is 2.64. The summed E-state index contributed by atoms with van der Waals surface area (Å²) >= 11 is 0. The van der Waals surface area contributed by atoms with Gasteiger partial charge in [-0.15, -0.1) is 0 Å². The highest BCUT2D eigenvalue weighted by molar-refractivity contribution is 5.95. The van der Waals surface area contributed by atoms with Gasteiger partial charge < -0.3 is 19.4 Å². The highest BCUT2D eigenvalue weighted by Crippen LogP contribution is 2.39. The van der Waals surface area contributed by atoms with Crippen molar-refractivity contribution in [3.8, 4) is 5.75 Å². The van der Waals surface area contributed by atoms with E-state index in [9.17, 15) is 9.59 Å². The van der Waals surface area contributed by atoms with Crippen molar-refractivity contribution < 1.29 is 14.3 Å². The largest absolute Gasteiger partial charge is 0.491 e. The molecule has 0 radical (unpaired) electrons. The van der Waals surface area contributed by atoms with E-state index in [-0.39, 0.29) is 17.2 Å². The normalized spacial score (nSPS) is 18.8. The number of hydrogen-bond acceptors (Lipinski definition) is 4. The van der Waals surface area contributed by atoms with Gasteiger partial charge in [-0.05, 0) is 74.9 Å². The van der Waals surface area contributed by atoms with Crippen molar-refractivity contribution in [3.63, 3.8) is 0 Å². The average Bonchev–Trinajstić information content (AvgIpc) is 2.89. The number of piperidine rings is 1. The monoisotopic (exact) mass is 477 g/mol. The van der Waals surface area contributed by atoms with Gasteiger partial charge in [0.25, 0.3) is 5.91 Å². The van der Waals surface area contributed by atoms with Crippen molar-refractivity contribution in [1.82, 2.24) is 9.80 Å². The van der Waals surface area contributed by atoms with Crippen LogP contribution in [-0.4, -0.2) is 68.5 Å². The Morgan fingerprint density at radius 3 is 2.37 bits per heavy atom. The number of fused-ring (bicyclic) bond motifs is 1. The molecule has 2 aliphatic heterocycles. The number of amides is 2. The van der Waals surface area contributed by atoms with Gasteiger partial charge in [0, 0.05) is 45.0 Å². The third kappa shape index (κ3) is 5.63. The van der Waals surface area contributed by atoms with E-state index in [0.29, 0.717) is 38.3 Å². The maximum absolute atomic E-state index is 13.8. The van der Waals surface area contributed by atoms with Crippen LogP contribution in [0.15, 0.2) is 48.5 Å². The number of anilines is 1. The van der Waals surface area contributed by atoms with E-state index in [0.717, 1.165) is 50.0 Å². The van der Waals surface area contributed by atoms with Crippen LogP contribution < -0.4 is 9.64 Å². The van der Waals surface area contributed by atoms with Gasteiger partial charge in [-0.2, -0.15) is 0 Å². The third-order valence-corrected chi connectivity index (χ3v) is 7.70. The highest BCUT2D eigenvalue weighted by atomic mass is 16.5. The highest BCUT2D eigenvalue weighted by Gasteiger charge is 2.43. The Labute approximate surface area is 209 Å². The molecule has 0 aliphatic carbocycles. The van der Waals surface area contributed by atoms with Gasteiger partial charge in [0.1, 0.15) is 12.4 Å². The molecule has 2 aromatic rings. The molecule has 2 heterocycles. The number of hydrogen-bond donors (Lipinski definition) is 0. The van der Waals surface area contributed by atoms with E-state index in [1.54, 1.807) is 0 Å². The van der Waals surface area contributed by atoms with Gasteiger partial charge in [-0.25, -0.2) is 0 Å². The van der Waals surface area contributed by atoms with Crippen molar-refractivity contribution in [2.24, 2.45) is 5.41 Å². The molecule has 1 fully saturated rings. The lowest BCUT2D eigenvalue weighted by molar-refractivity contribution is -0.145. The summed E-state index contributed by atoms with van der Waals surface area (Å²) < 4.78 is 6.09.